The quantitative estimate of drug-likeness (QED) is 0.770. The number of amides is 2. The molecule has 0 radical (unpaired) electrons. The van der Waals surface area contributed by atoms with Crippen LogP contribution in [0.5, 0.6) is 0 Å². The monoisotopic (exact) mass is 368 g/mol. The Morgan fingerprint density at radius 1 is 1.41 bits per heavy atom. The molecule has 0 spiro atoms. The van der Waals surface area contributed by atoms with Gasteiger partial charge >= 0.3 is 5.97 Å². The lowest BCUT2D eigenvalue weighted by Crippen LogP contribution is -2.37. The second-order valence-corrected chi connectivity index (χ2v) is 6.02. The molecule has 1 aromatic carbocycles. The fraction of sp³-hybridized carbons (Fsp3) is 0.400. The average Bonchev–Trinajstić information content (AvgIpc) is 2.92. The van der Waals surface area contributed by atoms with Crippen LogP contribution >= 0.6 is 15.9 Å². The van der Waals surface area contributed by atoms with E-state index in [1.54, 1.807) is 0 Å². The van der Waals surface area contributed by atoms with Crippen LogP contribution in [0.3, 0.4) is 0 Å². The molecule has 0 unspecified atom stereocenters. The van der Waals surface area contributed by atoms with Crippen molar-refractivity contribution in [1.29, 1.82) is 0 Å². The Morgan fingerprint density at radius 3 is 2.68 bits per heavy atom. The normalized spacial score (nSPS) is 18.5. The van der Waals surface area contributed by atoms with Gasteiger partial charge in [-0.05, 0) is 31.0 Å². The fourth-order valence-electron chi connectivity index (χ4n) is 2.15. The highest BCUT2D eigenvalue weighted by Gasteiger charge is 2.28. The first kappa shape index (κ1) is 16.5. The van der Waals surface area contributed by atoms with Crippen LogP contribution < -0.4 is 10.6 Å². The molecule has 2 atom stereocenters. The maximum absolute atomic E-state index is 11.8. The Hall–Kier alpha value is -1.89. The first-order chi connectivity index (χ1) is 10.5. The number of esters is 1. The lowest BCUT2D eigenvalue weighted by molar-refractivity contribution is -0.150. The number of carbonyl (C=O) groups is 3. The van der Waals surface area contributed by atoms with Crippen LogP contribution in [-0.2, 0) is 19.1 Å². The van der Waals surface area contributed by atoms with Gasteiger partial charge in [-0.15, -0.1) is 0 Å². The second-order valence-electron chi connectivity index (χ2n) is 5.11. The number of carbonyl (C=O) groups excluding carboxylic acids is 3. The average molecular weight is 369 g/mol. The number of halogens is 1. The Morgan fingerprint density at radius 2 is 2.09 bits per heavy atom. The molecule has 0 saturated carbocycles. The summed E-state index contributed by atoms with van der Waals surface area (Å²) in [6.07, 6.45) is 0.723. The van der Waals surface area contributed by atoms with Crippen LogP contribution in [-0.4, -0.2) is 30.4 Å². The van der Waals surface area contributed by atoms with Crippen LogP contribution in [0.2, 0.25) is 0 Å². The zero-order valence-electron chi connectivity index (χ0n) is 12.1. The molecule has 2 rings (SSSR count). The van der Waals surface area contributed by atoms with Crippen LogP contribution in [0.1, 0.15) is 31.4 Å². The largest absolute Gasteiger partial charge is 0.454 e. The molecule has 2 amide bonds. The molecule has 0 aromatic heterocycles. The Labute approximate surface area is 136 Å². The van der Waals surface area contributed by atoms with Crippen molar-refractivity contribution in [2.45, 2.75) is 31.8 Å². The molecule has 2 N–H and O–H groups in total. The van der Waals surface area contributed by atoms with E-state index < -0.39 is 12.0 Å². The molecule has 1 aromatic rings. The van der Waals surface area contributed by atoms with E-state index in [9.17, 15) is 14.4 Å². The van der Waals surface area contributed by atoms with Crippen LogP contribution in [0.25, 0.3) is 0 Å². The summed E-state index contributed by atoms with van der Waals surface area (Å²) >= 11 is 3.35. The van der Waals surface area contributed by atoms with Gasteiger partial charge in [0.15, 0.2) is 6.61 Å². The van der Waals surface area contributed by atoms with E-state index in [0.29, 0.717) is 12.8 Å². The molecule has 0 bridgehead atoms. The van der Waals surface area contributed by atoms with E-state index in [2.05, 4.69) is 26.6 Å². The standard InChI is InChI=1S/C15H17BrN2O4/c1-9(10-2-4-11(16)5-3-10)17-14(20)8-22-15(21)12-6-7-13(19)18-12/h2-5,9,12H,6-8H2,1H3,(H,17,20)(H,18,19)/t9-,12+/m1/s1. The molecule has 1 aliphatic rings. The fourth-order valence-corrected chi connectivity index (χ4v) is 2.41. The smallest absolute Gasteiger partial charge is 0.329 e. The van der Waals surface area contributed by atoms with Crippen molar-refractivity contribution in [3.63, 3.8) is 0 Å². The first-order valence-electron chi connectivity index (χ1n) is 6.96. The minimum absolute atomic E-state index is 0.171. The molecule has 7 heteroatoms. The summed E-state index contributed by atoms with van der Waals surface area (Å²) in [6, 6.07) is 6.75. The van der Waals surface area contributed by atoms with Crippen molar-refractivity contribution in [3.8, 4) is 0 Å². The van der Waals surface area contributed by atoms with E-state index in [0.717, 1.165) is 10.0 Å². The third-order valence-corrected chi connectivity index (χ3v) is 3.90. The third kappa shape index (κ3) is 4.56. The highest BCUT2D eigenvalue weighted by Crippen LogP contribution is 2.16. The number of hydrogen-bond donors (Lipinski definition) is 2. The highest BCUT2D eigenvalue weighted by molar-refractivity contribution is 9.10. The maximum Gasteiger partial charge on any atom is 0.329 e. The lowest BCUT2D eigenvalue weighted by atomic mass is 10.1. The minimum Gasteiger partial charge on any atom is -0.454 e. The van der Waals surface area contributed by atoms with E-state index in [4.69, 9.17) is 4.74 Å². The predicted molar refractivity (Wildman–Crippen MR) is 82.8 cm³/mol. The van der Waals surface area contributed by atoms with Crippen molar-refractivity contribution < 1.29 is 19.1 Å². The summed E-state index contributed by atoms with van der Waals surface area (Å²) in [4.78, 5) is 34.5. The van der Waals surface area contributed by atoms with Crippen molar-refractivity contribution in [2.24, 2.45) is 0 Å². The number of benzene rings is 1. The molecule has 1 heterocycles. The van der Waals surface area contributed by atoms with Gasteiger partial charge in [0.1, 0.15) is 6.04 Å². The van der Waals surface area contributed by atoms with E-state index in [1.807, 2.05) is 31.2 Å². The molecular formula is C15H17BrN2O4. The maximum atomic E-state index is 11.8. The van der Waals surface area contributed by atoms with E-state index in [-0.39, 0.29) is 24.5 Å². The van der Waals surface area contributed by atoms with Crippen molar-refractivity contribution >= 4 is 33.7 Å². The van der Waals surface area contributed by atoms with Gasteiger partial charge in [-0.1, -0.05) is 28.1 Å². The summed E-state index contributed by atoms with van der Waals surface area (Å²) in [5.41, 5.74) is 0.950. The molecular weight excluding hydrogens is 352 g/mol. The van der Waals surface area contributed by atoms with Gasteiger partial charge in [-0.2, -0.15) is 0 Å². The van der Waals surface area contributed by atoms with Crippen molar-refractivity contribution in [3.05, 3.63) is 34.3 Å². The number of rotatable bonds is 5. The molecule has 6 nitrogen and oxygen atoms in total. The van der Waals surface area contributed by atoms with Crippen molar-refractivity contribution in [2.75, 3.05) is 6.61 Å². The van der Waals surface area contributed by atoms with Gasteiger partial charge < -0.3 is 15.4 Å². The van der Waals surface area contributed by atoms with Crippen LogP contribution in [0.15, 0.2) is 28.7 Å². The Balaban J connectivity index is 1.76. The summed E-state index contributed by atoms with van der Waals surface area (Å²) in [5, 5.41) is 5.25. The first-order valence-corrected chi connectivity index (χ1v) is 7.76. The van der Waals surface area contributed by atoms with E-state index >= 15 is 0 Å². The van der Waals surface area contributed by atoms with Crippen LogP contribution in [0, 0.1) is 0 Å². The zero-order valence-corrected chi connectivity index (χ0v) is 13.7. The van der Waals surface area contributed by atoms with Gasteiger partial charge in [0.05, 0.1) is 6.04 Å². The van der Waals surface area contributed by atoms with Gasteiger partial charge in [0.25, 0.3) is 5.91 Å². The molecule has 0 aliphatic carbocycles. The summed E-state index contributed by atoms with van der Waals surface area (Å²) < 4.78 is 5.88. The highest BCUT2D eigenvalue weighted by atomic mass is 79.9. The predicted octanol–water partition coefficient (Wildman–Crippen LogP) is 1.45. The van der Waals surface area contributed by atoms with Crippen LogP contribution in [0.4, 0.5) is 0 Å². The van der Waals surface area contributed by atoms with Gasteiger partial charge in [-0.25, -0.2) is 4.79 Å². The van der Waals surface area contributed by atoms with E-state index in [1.165, 1.54) is 0 Å². The molecule has 1 fully saturated rings. The number of nitrogens with one attached hydrogen (secondary N) is 2. The van der Waals surface area contributed by atoms with Gasteiger partial charge in [-0.3, -0.25) is 9.59 Å². The van der Waals surface area contributed by atoms with Crippen molar-refractivity contribution in [1.82, 2.24) is 10.6 Å². The molecule has 1 aliphatic heterocycles. The van der Waals surface area contributed by atoms with Gasteiger partial charge in [0.2, 0.25) is 5.91 Å². The number of hydrogen-bond acceptors (Lipinski definition) is 4. The molecule has 22 heavy (non-hydrogen) atoms. The Bertz CT molecular complexity index is 573. The lowest BCUT2D eigenvalue weighted by Gasteiger charge is -2.15. The topological polar surface area (TPSA) is 84.5 Å². The summed E-state index contributed by atoms with van der Waals surface area (Å²) in [5.74, 6) is -1.12. The minimum atomic E-state index is -0.635. The third-order valence-electron chi connectivity index (χ3n) is 3.37. The molecule has 1 saturated heterocycles. The summed E-state index contributed by atoms with van der Waals surface area (Å²) in [7, 11) is 0. The SMILES string of the molecule is C[C@@H](NC(=O)COC(=O)[C@@H]1CCC(=O)N1)c1ccc(Br)cc1. The number of ether oxygens (including phenoxy) is 1. The van der Waals surface area contributed by atoms with Gasteiger partial charge in [0, 0.05) is 10.9 Å². The second kappa shape index (κ2) is 7.40. The Kier molecular flexibility index (Phi) is 5.54. The molecule has 118 valence electrons. The summed E-state index contributed by atoms with van der Waals surface area (Å²) in [6.45, 7) is 1.49. The zero-order chi connectivity index (χ0) is 16.1.